The number of hydrogen-bond acceptors (Lipinski definition) is 6. The molecule has 0 aliphatic rings. The maximum atomic E-state index is 11.2. The van der Waals surface area contributed by atoms with Gasteiger partial charge in [-0.15, -0.1) is 0 Å². The van der Waals surface area contributed by atoms with Crippen molar-refractivity contribution in [2.75, 3.05) is 0 Å². The molecule has 11 nitrogen and oxygen atoms in total. The molecular weight excluding hydrogens is 765 g/mol. The van der Waals surface area contributed by atoms with E-state index in [0.717, 1.165) is 30.4 Å². The first kappa shape index (κ1) is 43.6. The van der Waals surface area contributed by atoms with Crippen molar-refractivity contribution in [1.82, 2.24) is 0 Å². The molecule has 4 rings (SSSR count). The number of aliphatic hydroxyl groups is 1. The lowest BCUT2D eigenvalue weighted by Crippen LogP contribution is -1.90. The zero-order chi connectivity index (χ0) is 43.6. The van der Waals surface area contributed by atoms with E-state index in [0.29, 0.717) is 66.8 Å². The minimum absolute atomic E-state index is 0.187. The molecule has 0 saturated carbocycles. The molecule has 11 heteroatoms. The van der Waals surface area contributed by atoms with Crippen molar-refractivity contribution in [3.05, 3.63) is 188 Å². The lowest BCUT2D eigenvalue weighted by Gasteiger charge is -2.02. The second-order valence-electron chi connectivity index (χ2n) is 12.4. The molecular formula is C49H32O11. The number of benzene rings is 4. The molecule has 0 aromatic heterocycles. The number of allylic oxidation sites excluding steroid dienone is 1. The van der Waals surface area contributed by atoms with Gasteiger partial charge in [0.2, 0.25) is 0 Å². The van der Waals surface area contributed by atoms with Gasteiger partial charge < -0.3 is 30.6 Å². The van der Waals surface area contributed by atoms with Gasteiger partial charge in [-0.2, -0.15) is 0 Å². The Labute approximate surface area is 343 Å². The standard InChI is InChI=1S/C49H32O11/c1-32(50)2-3-33-20-34(25-40(21-33)10-15-45(51)52)4-5-35-22-36(6-8-38-26-41(11-16-46(53)54)30-42(27-38)12-17-47(55)56)24-37(23-35)7-9-39-28-43(13-18-48(57)58)31-44(29-39)14-19-49(59)60/h2-3,10-31,50H,1H2,(H,51,52)(H,53,54)(H,55,56)(H,57,58)(H,59,60)/b3-2+,15-10+,16-11+,17-12+,18-13+,19-14+. The lowest BCUT2D eigenvalue weighted by atomic mass is 10.0. The SMILES string of the molecule is C=C(O)/C=C/c1cc(C#Cc2cc(C#Cc3cc(/C=C/C(=O)O)cc(/C=C/C(=O)O)c3)cc(C#Cc3cc(/C=C/C(=O)O)cc(/C=C/C(=O)O)c3)c2)cc(/C=C/C(=O)O)c1. The molecule has 4 aromatic carbocycles. The second-order valence-corrected chi connectivity index (χ2v) is 12.4. The number of rotatable bonds is 12. The number of carbonyl (C=O) groups is 5. The van der Waals surface area contributed by atoms with Gasteiger partial charge in [0.1, 0.15) is 5.76 Å². The molecule has 60 heavy (non-hydrogen) atoms. The number of hydrogen-bond donors (Lipinski definition) is 6. The Balaban J connectivity index is 1.91. The minimum Gasteiger partial charge on any atom is -0.509 e. The third-order valence-electron chi connectivity index (χ3n) is 7.48. The molecule has 0 aliphatic carbocycles. The first-order valence-electron chi connectivity index (χ1n) is 17.4. The van der Waals surface area contributed by atoms with Crippen LogP contribution in [0.5, 0.6) is 0 Å². The van der Waals surface area contributed by atoms with Crippen molar-refractivity contribution < 1.29 is 54.6 Å². The van der Waals surface area contributed by atoms with Gasteiger partial charge in [0.25, 0.3) is 0 Å². The molecule has 0 bridgehead atoms. The summed E-state index contributed by atoms with van der Waals surface area (Å²) in [6.45, 7) is 3.44. The fraction of sp³-hybridized carbons (Fsp3) is 0. The van der Waals surface area contributed by atoms with Crippen LogP contribution in [-0.2, 0) is 24.0 Å². The van der Waals surface area contributed by atoms with Crippen LogP contribution < -0.4 is 0 Å². The van der Waals surface area contributed by atoms with Crippen molar-refractivity contribution in [3.63, 3.8) is 0 Å². The summed E-state index contributed by atoms with van der Waals surface area (Å²) in [4.78, 5) is 55.9. The van der Waals surface area contributed by atoms with Crippen LogP contribution in [0, 0.1) is 35.5 Å². The first-order valence-corrected chi connectivity index (χ1v) is 17.4. The van der Waals surface area contributed by atoms with Crippen molar-refractivity contribution in [1.29, 1.82) is 0 Å². The summed E-state index contributed by atoms with van der Waals surface area (Å²) >= 11 is 0. The minimum atomic E-state index is -1.18. The summed E-state index contributed by atoms with van der Waals surface area (Å²) in [5, 5.41) is 55.3. The summed E-state index contributed by atoms with van der Waals surface area (Å²) < 4.78 is 0. The molecule has 4 aromatic rings. The zero-order valence-corrected chi connectivity index (χ0v) is 31.3. The number of carboxylic acids is 5. The average Bonchev–Trinajstić information content (AvgIpc) is 3.19. The Hall–Kier alpha value is -9.11. The monoisotopic (exact) mass is 796 g/mol. The summed E-state index contributed by atoms with van der Waals surface area (Å²) in [7, 11) is 0. The molecule has 6 N–H and O–H groups in total. The van der Waals surface area contributed by atoms with Gasteiger partial charge in [-0.3, -0.25) is 0 Å². The fourth-order valence-corrected chi connectivity index (χ4v) is 5.13. The molecule has 0 spiro atoms. The summed E-state index contributed by atoms with van der Waals surface area (Å²) in [5.41, 5.74) is 5.67. The topological polar surface area (TPSA) is 207 Å². The quantitative estimate of drug-likeness (QED) is 0.0359. The number of aliphatic hydroxyl groups excluding tert-OH is 1. The van der Waals surface area contributed by atoms with Crippen molar-refractivity contribution in [3.8, 4) is 35.5 Å². The molecule has 0 heterocycles. The van der Waals surface area contributed by atoms with Gasteiger partial charge in [0, 0.05) is 63.8 Å². The summed E-state index contributed by atoms with van der Waals surface area (Å²) in [5.74, 6) is 12.3. The van der Waals surface area contributed by atoms with E-state index < -0.39 is 29.8 Å². The van der Waals surface area contributed by atoms with Crippen LogP contribution in [0.25, 0.3) is 36.5 Å². The van der Waals surface area contributed by atoms with E-state index in [-0.39, 0.29) is 5.76 Å². The molecule has 0 fully saturated rings. The highest BCUT2D eigenvalue weighted by Crippen LogP contribution is 2.18. The van der Waals surface area contributed by atoms with E-state index in [1.165, 1.54) is 36.5 Å². The van der Waals surface area contributed by atoms with Crippen molar-refractivity contribution >= 4 is 66.3 Å². The number of aliphatic carboxylic acids is 5. The molecule has 0 aliphatic heterocycles. The Morgan fingerprint density at radius 2 is 0.500 bits per heavy atom. The average molecular weight is 797 g/mol. The molecule has 0 unspecified atom stereocenters. The van der Waals surface area contributed by atoms with Crippen molar-refractivity contribution in [2.45, 2.75) is 0 Å². The van der Waals surface area contributed by atoms with Crippen LogP contribution in [0.4, 0.5) is 0 Å². The largest absolute Gasteiger partial charge is 0.509 e. The van der Waals surface area contributed by atoms with E-state index in [4.69, 9.17) is 25.5 Å². The smallest absolute Gasteiger partial charge is 0.328 e. The number of carboxylic acid groups (broad SMARTS) is 5. The van der Waals surface area contributed by atoms with Crippen LogP contribution in [0.2, 0.25) is 0 Å². The Morgan fingerprint density at radius 1 is 0.317 bits per heavy atom. The fourth-order valence-electron chi connectivity index (χ4n) is 5.13. The normalized spacial score (nSPS) is 11.0. The molecule has 0 amide bonds. The van der Waals surface area contributed by atoms with Crippen LogP contribution in [0.15, 0.2) is 122 Å². The van der Waals surface area contributed by atoms with Crippen LogP contribution >= 0.6 is 0 Å². The Kier molecular flexibility index (Phi) is 15.5. The van der Waals surface area contributed by atoms with Gasteiger partial charge >= 0.3 is 29.8 Å². The predicted molar refractivity (Wildman–Crippen MR) is 228 cm³/mol. The second kappa shape index (κ2) is 21.3. The maximum absolute atomic E-state index is 11.2. The first-order chi connectivity index (χ1) is 28.6. The van der Waals surface area contributed by atoms with Crippen molar-refractivity contribution in [2.24, 2.45) is 0 Å². The van der Waals surface area contributed by atoms with E-state index in [9.17, 15) is 29.1 Å². The third-order valence-corrected chi connectivity index (χ3v) is 7.48. The highest BCUT2D eigenvalue weighted by Gasteiger charge is 2.03. The lowest BCUT2D eigenvalue weighted by molar-refractivity contribution is -0.132. The zero-order valence-electron chi connectivity index (χ0n) is 31.3. The van der Waals surface area contributed by atoms with E-state index in [1.807, 2.05) is 0 Å². The third kappa shape index (κ3) is 15.9. The van der Waals surface area contributed by atoms with Gasteiger partial charge in [-0.05, 0) is 143 Å². The molecule has 0 radical (unpaired) electrons. The van der Waals surface area contributed by atoms with Gasteiger partial charge in [0.15, 0.2) is 0 Å². The highest BCUT2D eigenvalue weighted by molar-refractivity contribution is 5.88. The van der Waals surface area contributed by atoms with Gasteiger partial charge in [-0.1, -0.05) is 48.2 Å². The van der Waals surface area contributed by atoms with Gasteiger partial charge in [-0.25, -0.2) is 24.0 Å². The van der Waals surface area contributed by atoms with E-state index in [1.54, 1.807) is 78.9 Å². The maximum Gasteiger partial charge on any atom is 0.328 e. The van der Waals surface area contributed by atoms with Crippen LogP contribution in [-0.4, -0.2) is 60.5 Å². The molecule has 294 valence electrons. The summed E-state index contributed by atoms with van der Waals surface area (Å²) in [6.07, 6.45) is 14.5. The van der Waals surface area contributed by atoms with E-state index in [2.05, 4.69) is 42.1 Å². The summed E-state index contributed by atoms with van der Waals surface area (Å²) in [6, 6.07) is 19.9. The predicted octanol–water partition coefficient (Wildman–Crippen LogP) is 7.46. The molecule has 0 saturated heterocycles. The highest BCUT2D eigenvalue weighted by atomic mass is 16.4. The Bertz CT molecular complexity index is 2350. The van der Waals surface area contributed by atoms with Gasteiger partial charge in [0.05, 0.1) is 0 Å². The molecule has 0 atom stereocenters. The van der Waals surface area contributed by atoms with Crippen LogP contribution in [0.1, 0.15) is 66.8 Å². The van der Waals surface area contributed by atoms with Crippen LogP contribution in [0.3, 0.4) is 0 Å². The van der Waals surface area contributed by atoms with E-state index >= 15 is 0 Å². The Morgan fingerprint density at radius 3 is 0.683 bits per heavy atom.